The molecule has 1 aromatic carbocycles. The average molecular weight is 330 g/mol. The number of aliphatic hydroxyl groups is 1. The number of esters is 1. The molecule has 1 aromatic rings. The van der Waals surface area contributed by atoms with Crippen molar-refractivity contribution in [1.82, 2.24) is 0 Å². The van der Waals surface area contributed by atoms with Crippen LogP contribution in [-0.2, 0) is 16.1 Å². The molecule has 0 bridgehead atoms. The van der Waals surface area contributed by atoms with Crippen molar-refractivity contribution in [1.29, 1.82) is 0 Å². The van der Waals surface area contributed by atoms with Crippen molar-refractivity contribution in [3.05, 3.63) is 58.7 Å². The molecule has 0 aliphatic carbocycles. The minimum atomic E-state index is -0.397. The second-order valence-electron chi connectivity index (χ2n) is 5.86. The van der Waals surface area contributed by atoms with E-state index in [-0.39, 0.29) is 13.2 Å². The molecule has 0 saturated carbocycles. The summed E-state index contributed by atoms with van der Waals surface area (Å²) in [7, 11) is 0. The molecule has 0 radical (unpaired) electrons. The lowest BCUT2D eigenvalue weighted by atomic mass is 10.1. The van der Waals surface area contributed by atoms with E-state index in [9.17, 15) is 9.90 Å². The number of rotatable bonds is 8. The van der Waals surface area contributed by atoms with Crippen molar-refractivity contribution in [3.8, 4) is 5.75 Å². The minimum absolute atomic E-state index is 0.0983. The Morgan fingerprint density at radius 3 is 2.38 bits per heavy atom. The maximum absolute atomic E-state index is 11.6. The largest absolute Gasteiger partial charge is 0.489 e. The van der Waals surface area contributed by atoms with Crippen molar-refractivity contribution in [3.63, 3.8) is 0 Å². The number of hydrogen-bond donors (Lipinski definition) is 1. The van der Waals surface area contributed by atoms with Gasteiger partial charge >= 0.3 is 5.97 Å². The molecule has 0 atom stereocenters. The molecule has 0 fully saturated rings. The topological polar surface area (TPSA) is 55.8 Å². The standard InChI is InChI=1S/C20H26O4/c1-15(2)9-11-23-19-13-17(5-7-18(19)14-21)6-8-20(22)24-12-10-16(3)4/h5-10,13,21H,11-12,14H2,1-4H3/b8-6+. The van der Waals surface area contributed by atoms with Crippen molar-refractivity contribution in [2.75, 3.05) is 13.2 Å². The maximum Gasteiger partial charge on any atom is 0.331 e. The van der Waals surface area contributed by atoms with Crippen LogP contribution in [0.25, 0.3) is 6.08 Å². The highest BCUT2D eigenvalue weighted by molar-refractivity contribution is 5.87. The predicted octanol–water partition coefficient (Wildman–Crippen LogP) is 4.05. The molecule has 4 nitrogen and oxygen atoms in total. The van der Waals surface area contributed by atoms with Gasteiger partial charge < -0.3 is 14.6 Å². The fourth-order valence-corrected chi connectivity index (χ4v) is 1.74. The van der Waals surface area contributed by atoms with Gasteiger partial charge in [-0.2, -0.15) is 0 Å². The van der Waals surface area contributed by atoms with Gasteiger partial charge in [-0.3, -0.25) is 0 Å². The van der Waals surface area contributed by atoms with Crippen molar-refractivity contribution >= 4 is 12.0 Å². The van der Waals surface area contributed by atoms with Crippen LogP contribution < -0.4 is 4.74 Å². The fourth-order valence-electron chi connectivity index (χ4n) is 1.74. The average Bonchev–Trinajstić information content (AvgIpc) is 2.52. The van der Waals surface area contributed by atoms with E-state index in [2.05, 4.69) is 0 Å². The van der Waals surface area contributed by atoms with Crippen LogP contribution in [-0.4, -0.2) is 24.3 Å². The third-order valence-electron chi connectivity index (χ3n) is 3.12. The fraction of sp³-hybridized carbons (Fsp3) is 0.350. The lowest BCUT2D eigenvalue weighted by Gasteiger charge is -2.09. The summed E-state index contributed by atoms with van der Waals surface area (Å²) in [5.41, 5.74) is 3.78. The first-order valence-corrected chi connectivity index (χ1v) is 7.90. The molecule has 0 heterocycles. The van der Waals surface area contributed by atoms with Crippen molar-refractivity contribution in [2.45, 2.75) is 34.3 Å². The van der Waals surface area contributed by atoms with E-state index < -0.39 is 5.97 Å². The number of aliphatic hydroxyl groups excluding tert-OH is 1. The van der Waals surface area contributed by atoms with E-state index in [1.807, 2.05) is 45.9 Å². The minimum Gasteiger partial charge on any atom is -0.489 e. The van der Waals surface area contributed by atoms with E-state index in [0.717, 1.165) is 16.7 Å². The Morgan fingerprint density at radius 1 is 1.08 bits per heavy atom. The summed E-state index contributed by atoms with van der Waals surface area (Å²) < 4.78 is 10.7. The van der Waals surface area contributed by atoms with Crippen LogP contribution in [0.3, 0.4) is 0 Å². The highest BCUT2D eigenvalue weighted by Gasteiger charge is 2.04. The van der Waals surface area contributed by atoms with Gasteiger partial charge in [0.2, 0.25) is 0 Å². The number of allylic oxidation sites excluding steroid dienone is 2. The van der Waals surface area contributed by atoms with E-state index in [0.29, 0.717) is 17.9 Å². The first kappa shape index (κ1) is 19.7. The quantitative estimate of drug-likeness (QED) is 0.444. The van der Waals surface area contributed by atoms with Gasteiger partial charge in [-0.15, -0.1) is 0 Å². The number of carbonyl (C=O) groups is 1. The normalized spacial score (nSPS) is 10.4. The Labute approximate surface area is 144 Å². The number of hydrogen-bond acceptors (Lipinski definition) is 4. The molecule has 4 heteroatoms. The summed E-state index contributed by atoms with van der Waals surface area (Å²) in [6.07, 6.45) is 6.85. The first-order valence-electron chi connectivity index (χ1n) is 7.90. The highest BCUT2D eigenvalue weighted by Crippen LogP contribution is 2.21. The molecule has 1 rings (SSSR count). The van der Waals surface area contributed by atoms with Crippen LogP contribution in [0.4, 0.5) is 0 Å². The van der Waals surface area contributed by atoms with Gasteiger partial charge in [0.25, 0.3) is 0 Å². The lowest BCUT2D eigenvalue weighted by Crippen LogP contribution is -2.01. The van der Waals surface area contributed by atoms with Gasteiger partial charge in [0.05, 0.1) is 6.61 Å². The molecule has 0 aliphatic heterocycles. The van der Waals surface area contributed by atoms with E-state index in [1.54, 1.807) is 18.2 Å². The summed E-state index contributed by atoms with van der Waals surface area (Å²) in [5, 5.41) is 9.38. The molecule has 0 saturated heterocycles. The number of benzene rings is 1. The van der Waals surface area contributed by atoms with E-state index in [4.69, 9.17) is 9.47 Å². The molecule has 24 heavy (non-hydrogen) atoms. The molecular formula is C20H26O4. The molecule has 1 N–H and O–H groups in total. The molecule has 0 aromatic heterocycles. The SMILES string of the molecule is CC(C)=CCOC(=O)/C=C/c1ccc(CO)c(OCC=C(C)C)c1. The van der Waals surface area contributed by atoms with Gasteiger partial charge in [0, 0.05) is 11.6 Å². The van der Waals surface area contributed by atoms with E-state index >= 15 is 0 Å². The van der Waals surface area contributed by atoms with Crippen molar-refractivity contribution < 1.29 is 19.4 Å². The summed E-state index contributed by atoms with van der Waals surface area (Å²) in [5.74, 6) is 0.209. The second-order valence-corrected chi connectivity index (χ2v) is 5.86. The van der Waals surface area contributed by atoms with Gasteiger partial charge in [0.1, 0.15) is 19.0 Å². The Hall–Kier alpha value is -2.33. The van der Waals surface area contributed by atoms with Gasteiger partial charge in [-0.05, 0) is 57.6 Å². The van der Waals surface area contributed by atoms with E-state index in [1.165, 1.54) is 6.08 Å². The van der Waals surface area contributed by atoms with Crippen LogP contribution in [0.5, 0.6) is 5.75 Å². The van der Waals surface area contributed by atoms with Crippen molar-refractivity contribution in [2.24, 2.45) is 0 Å². The zero-order valence-electron chi connectivity index (χ0n) is 14.8. The summed E-state index contributed by atoms with van der Waals surface area (Å²) >= 11 is 0. The smallest absolute Gasteiger partial charge is 0.331 e. The summed E-state index contributed by atoms with van der Waals surface area (Å²) in [6.45, 7) is 8.50. The Bertz CT molecular complexity index is 631. The summed E-state index contributed by atoms with van der Waals surface area (Å²) in [4.78, 5) is 11.6. The maximum atomic E-state index is 11.6. The van der Waals surface area contributed by atoms with Gasteiger partial charge in [-0.1, -0.05) is 23.3 Å². The van der Waals surface area contributed by atoms with Crippen LogP contribution in [0.15, 0.2) is 47.6 Å². The highest BCUT2D eigenvalue weighted by atomic mass is 16.5. The lowest BCUT2D eigenvalue weighted by molar-refractivity contribution is -0.136. The van der Waals surface area contributed by atoms with Crippen LogP contribution in [0, 0.1) is 0 Å². The second kappa shape index (κ2) is 10.4. The zero-order valence-corrected chi connectivity index (χ0v) is 14.8. The van der Waals surface area contributed by atoms with Crippen LogP contribution >= 0.6 is 0 Å². The van der Waals surface area contributed by atoms with Gasteiger partial charge in [0.15, 0.2) is 0 Å². The van der Waals surface area contributed by atoms with Crippen LogP contribution in [0.2, 0.25) is 0 Å². The Morgan fingerprint density at radius 2 is 1.75 bits per heavy atom. The Kier molecular flexibility index (Phi) is 8.58. The Balaban J connectivity index is 2.74. The molecule has 0 amide bonds. The third kappa shape index (κ3) is 7.79. The first-order chi connectivity index (χ1) is 11.4. The van der Waals surface area contributed by atoms with Gasteiger partial charge in [-0.25, -0.2) is 4.79 Å². The van der Waals surface area contributed by atoms with Crippen LogP contribution in [0.1, 0.15) is 38.8 Å². The molecule has 130 valence electrons. The third-order valence-corrected chi connectivity index (χ3v) is 3.12. The number of ether oxygens (including phenoxy) is 2. The predicted molar refractivity (Wildman–Crippen MR) is 96.7 cm³/mol. The molecule has 0 aliphatic rings. The summed E-state index contributed by atoms with van der Waals surface area (Å²) in [6, 6.07) is 5.40. The molecule has 0 spiro atoms. The number of carbonyl (C=O) groups excluding carboxylic acids is 1. The monoisotopic (exact) mass is 330 g/mol. The molecule has 0 unspecified atom stereocenters. The molecular weight excluding hydrogens is 304 g/mol. The zero-order chi connectivity index (χ0) is 17.9.